The van der Waals surface area contributed by atoms with Crippen molar-refractivity contribution < 1.29 is 24.6 Å². The van der Waals surface area contributed by atoms with E-state index in [1.54, 1.807) is 25.3 Å². The van der Waals surface area contributed by atoms with E-state index >= 15 is 0 Å². The minimum Gasteiger partial charge on any atom is -0.481 e. The smallest absolute Gasteiger partial charge is 0.309 e. The van der Waals surface area contributed by atoms with Gasteiger partial charge >= 0.3 is 11.9 Å². The molecule has 1 amide bonds. The van der Waals surface area contributed by atoms with Crippen molar-refractivity contribution >= 4 is 17.8 Å². The van der Waals surface area contributed by atoms with E-state index in [1.807, 2.05) is 0 Å². The molecule has 1 saturated heterocycles. The number of aryl methyl sites for hydroxylation is 1. The zero-order chi connectivity index (χ0) is 15.6. The van der Waals surface area contributed by atoms with Gasteiger partial charge in [0, 0.05) is 25.0 Å². The highest BCUT2D eigenvalue weighted by Crippen LogP contribution is 2.25. The lowest BCUT2D eigenvalue weighted by Gasteiger charge is -2.34. The third-order valence-corrected chi connectivity index (χ3v) is 3.77. The predicted molar refractivity (Wildman–Crippen MR) is 71.7 cm³/mol. The van der Waals surface area contributed by atoms with Gasteiger partial charge in [0.1, 0.15) is 0 Å². The third kappa shape index (κ3) is 3.01. The molecule has 0 aliphatic carbocycles. The fourth-order valence-corrected chi connectivity index (χ4v) is 2.56. The summed E-state index contributed by atoms with van der Waals surface area (Å²) < 4.78 is 0. The van der Waals surface area contributed by atoms with Crippen LogP contribution < -0.4 is 0 Å². The number of hydrogen-bond acceptors (Lipinski definition) is 4. The van der Waals surface area contributed by atoms with Crippen LogP contribution in [0.1, 0.15) is 22.5 Å². The summed E-state index contributed by atoms with van der Waals surface area (Å²) in [5.41, 5.74) is 0.977. The lowest BCUT2D eigenvalue weighted by molar-refractivity contribution is -0.156. The summed E-state index contributed by atoms with van der Waals surface area (Å²) in [6, 6.07) is 3.27. The molecule has 1 aromatic rings. The maximum absolute atomic E-state index is 12.4. The van der Waals surface area contributed by atoms with Gasteiger partial charge < -0.3 is 15.1 Å². The topological polar surface area (TPSA) is 108 Å². The van der Waals surface area contributed by atoms with E-state index in [0.717, 1.165) is 0 Å². The number of hydrogen-bond donors (Lipinski definition) is 2. The summed E-state index contributed by atoms with van der Waals surface area (Å²) in [6.45, 7) is 1.83. The van der Waals surface area contributed by atoms with Crippen molar-refractivity contribution in [1.29, 1.82) is 0 Å². The number of aliphatic carboxylic acids is 2. The lowest BCUT2D eigenvalue weighted by Crippen LogP contribution is -2.48. The molecule has 21 heavy (non-hydrogen) atoms. The summed E-state index contributed by atoms with van der Waals surface area (Å²) in [6.07, 6.45) is 1.71. The molecular weight excluding hydrogens is 276 g/mol. The maximum atomic E-state index is 12.4. The Hall–Kier alpha value is -2.44. The normalized spacial score (nSPS) is 21.9. The van der Waals surface area contributed by atoms with Crippen LogP contribution in [-0.2, 0) is 9.59 Å². The Kier molecular flexibility index (Phi) is 4.21. The molecule has 7 nitrogen and oxygen atoms in total. The van der Waals surface area contributed by atoms with Gasteiger partial charge in [-0.3, -0.25) is 19.4 Å². The van der Waals surface area contributed by atoms with Crippen LogP contribution in [0.5, 0.6) is 0 Å². The average Bonchev–Trinajstić information content (AvgIpc) is 2.46. The molecule has 2 unspecified atom stereocenters. The van der Waals surface area contributed by atoms with Crippen LogP contribution in [-0.4, -0.2) is 51.0 Å². The van der Waals surface area contributed by atoms with E-state index in [2.05, 4.69) is 4.98 Å². The number of aromatic nitrogens is 1. The number of carboxylic acids is 2. The zero-order valence-electron chi connectivity index (χ0n) is 11.5. The van der Waals surface area contributed by atoms with Crippen molar-refractivity contribution in [3.8, 4) is 0 Å². The number of likely N-dealkylation sites (tertiary alicyclic amines) is 1. The number of carboxylic acid groups (broad SMARTS) is 2. The molecule has 0 spiro atoms. The molecule has 2 rings (SSSR count). The first-order valence-corrected chi connectivity index (χ1v) is 6.58. The summed E-state index contributed by atoms with van der Waals surface area (Å²) in [7, 11) is 0. The first kappa shape index (κ1) is 15.0. The number of amides is 1. The zero-order valence-corrected chi connectivity index (χ0v) is 11.5. The largest absolute Gasteiger partial charge is 0.481 e. The molecule has 2 heterocycles. The monoisotopic (exact) mass is 292 g/mol. The number of carbonyl (C=O) groups excluding carboxylic acids is 1. The van der Waals surface area contributed by atoms with Crippen LogP contribution in [0.2, 0.25) is 0 Å². The Morgan fingerprint density at radius 2 is 1.90 bits per heavy atom. The second-order valence-electron chi connectivity index (χ2n) is 5.07. The van der Waals surface area contributed by atoms with Crippen LogP contribution in [0.3, 0.4) is 0 Å². The quantitative estimate of drug-likeness (QED) is 0.846. The molecule has 0 saturated carbocycles. The second kappa shape index (κ2) is 5.90. The number of pyridine rings is 1. The Morgan fingerprint density at radius 1 is 1.24 bits per heavy atom. The highest BCUT2D eigenvalue weighted by atomic mass is 16.4. The van der Waals surface area contributed by atoms with Gasteiger partial charge in [0.25, 0.3) is 5.91 Å². The number of piperidine rings is 1. The molecular formula is C14H16N2O5. The second-order valence-corrected chi connectivity index (χ2v) is 5.07. The van der Waals surface area contributed by atoms with Gasteiger partial charge in [-0.15, -0.1) is 0 Å². The summed E-state index contributed by atoms with van der Waals surface area (Å²) in [5.74, 6) is -4.68. The third-order valence-electron chi connectivity index (χ3n) is 3.77. The van der Waals surface area contributed by atoms with E-state index in [1.165, 1.54) is 4.90 Å². The Labute approximate surface area is 121 Å². The molecule has 1 aliphatic rings. The minimum atomic E-state index is -1.19. The van der Waals surface area contributed by atoms with Crippen molar-refractivity contribution in [1.82, 2.24) is 9.88 Å². The van der Waals surface area contributed by atoms with Crippen molar-refractivity contribution in [3.05, 3.63) is 29.6 Å². The number of nitrogens with zero attached hydrogens (tertiary/aromatic N) is 2. The molecule has 7 heteroatoms. The van der Waals surface area contributed by atoms with Gasteiger partial charge in [0.05, 0.1) is 17.4 Å². The molecule has 2 N–H and O–H groups in total. The average molecular weight is 292 g/mol. The first-order valence-electron chi connectivity index (χ1n) is 6.58. The maximum Gasteiger partial charge on any atom is 0.309 e. The molecule has 0 bridgehead atoms. The molecule has 1 aromatic heterocycles. The highest BCUT2D eigenvalue weighted by Gasteiger charge is 2.40. The van der Waals surface area contributed by atoms with Gasteiger partial charge in [0.15, 0.2) is 0 Å². The summed E-state index contributed by atoms with van der Waals surface area (Å²) in [5, 5.41) is 18.2. The summed E-state index contributed by atoms with van der Waals surface area (Å²) >= 11 is 0. The standard InChI is InChI=1S/C14H16N2O5/c1-8-9(3-2-5-15-8)12(17)16-6-4-10(13(18)19)11(7-16)14(20)21/h2-3,5,10-11H,4,6-7H2,1H3,(H,18,19)(H,20,21). The van der Waals surface area contributed by atoms with Gasteiger partial charge in [-0.2, -0.15) is 0 Å². The van der Waals surface area contributed by atoms with Crippen LogP contribution in [0, 0.1) is 18.8 Å². The summed E-state index contributed by atoms with van der Waals surface area (Å²) in [4.78, 5) is 40.2. The van der Waals surface area contributed by atoms with Gasteiger partial charge in [-0.1, -0.05) is 0 Å². The minimum absolute atomic E-state index is 0.0978. The molecule has 112 valence electrons. The molecule has 2 atom stereocenters. The van der Waals surface area contributed by atoms with Crippen LogP contribution in [0.25, 0.3) is 0 Å². The van der Waals surface area contributed by atoms with Crippen molar-refractivity contribution in [2.75, 3.05) is 13.1 Å². The van der Waals surface area contributed by atoms with Crippen molar-refractivity contribution in [2.45, 2.75) is 13.3 Å². The van der Waals surface area contributed by atoms with E-state index in [0.29, 0.717) is 11.3 Å². The van der Waals surface area contributed by atoms with Crippen molar-refractivity contribution in [3.63, 3.8) is 0 Å². The van der Waals surface area contributed by atoms with E-state index in [4.69, 9.17) is 10.2 Å². The molecule has 1 fully saturated rings. The van der Waals surface area contributed by atoms with Crippen molar-refractivity contribution in [2.24, 2.45) is 11.8 Å². The van der Waals surface area contributed by atoms with Gasteiger partial charge in [-0.25, -0.2) is 0 Å². The Balaban J connectivity index is 2.20. The SMILES string of the molecule is Cc1ncccc1C(=O)N1CCC(C(=O)O)C(C(=O)O)C1. The Morgan fingerprint density at radius 3 is 2.48 bits per heavy atom. The van der Waals surface area contributed by atoms with Crippen LogP contribution >= 0.6 is 0 Å². The van der Waals surface area contributed by atoms with Gasteiger partial charge in [-0.05, 0) is 25.5 Å². The molecule has 0 radical (unpaired) electrons. The highest BCUT2D eigenvalue weighted by molar-refractivity contribution is 5.95. The lowest BCUT2D eigenvalue weighted by atomic mass is 9.85. The number of rotatable bonds is 3. The van der Waals surface area contributed by atoms with E-state index < -0.39 is 23.8 Å². The van der Waals surface area contributed by atoms with Crippen LogP contribution in [0.4, 0.5) is 0 Å². The molecule has 0 aromatic carbocycles. The first-order chi connectivity index (χ1) is 9.91. The van der Waals surface area contributed by atoms with E-state index in [-0.39, 0.29) is 25.4 Å². The fraction of sp³-hybridized carbons (Fsp3) is 0.429. The Bertz CT molecular complexity index is 586. The fourth-order valence-electron chi connectivity index (χ4n) is 2.56. The predicted octanol–water partition coefficient (Wildman–Crippen LogP) is 0.638. The van der Waals surface area contributed by atoms with Crippen LogP contribution in [0.15, 0.2) is 18.3 Å². The number of carbonyl (C=O) groups is 3. The molecule has 1 aliphatic heterocycles. The van der Waals surface area contributed by atoms with E-state index in [9.17, 15) is 14.4 Å². The van der Waals surface area contributed by atoms with Gasteiger partial charge in [0.2, 0.25) is 0 Å².